The molecule has 0 bridgehead atoms. The number of fused-ring (bicyclic) bond motifs is 2. The van der Waals surface area contributed by atoms with Crippen LogP contribution in [0.3, 0.4) is 0 Å². The summed E-state index contributed by atoms with van der Waals surface area (Å²) in [5, 5.41) is 2.44. The van der Waals surface area contributed by atoms with Crippen LogP contribution in [0.5, 0.6) is 0 Å². The summed E-state index contributed by atoms with van der Waals surface area (Å²) in [6, 6.07) is 25.4. The third-order valence-electron chi connectivity index (χ3n) is 8.30. The van der Waals surface area contributed by atoms with E-state index < -0.39 is 23.6 Å². The number of imide groups is 2. The zero-order valence-electron chi connectivity index (χ0n) is 22.7. The van der Waals surface area contributed by atoms with E-state index in [1.54, 1.807) is 36.7 Å². The predicted octanol–water partition coefficient (Wildman–Crippen LogP) is 4.40. The third-order valence-corrected chi connectivity index (χ3v) is 8.30. The number of carbonyl (C=O) groups is 4. The highest BCUT2D eigenvalue weighted by Crippen LogP contribution is 2.40. The Balaban J connectivity index is 1.29. The van der Waals surface area contributed by atoms with Crippen molar-refractivity contribution >= 4 is 67.6 Å². The lowest BCUT2D eigenvalue weighted by Gasteiger charge is -2.31. The average Bonchev–Trinajstić information content (AvgIpc) is 2.99. The summed E-state index contributed by atoms with van der Waals surface area (Å²) in [6.07, 6.45) is 3.50. The van der Waals surface area contributed by atoms with Crippen LogP contribution in [-0.4, -0.2) is 23.6 Å². The normalized spacial score (nSPS) is 14.5. The number of nitrogens with zero attached hydrogens (tertiary/aromatic N) is 4. The number of carbonyl (C=O) groups excluding carboxylic acids is 4. The Morgan fingerprint density at radius 3 is 1.17 bits per heavy atom. The third kappa shape index (κ3) is 3.11. The maximum atomic E-state index is 13.9. The lowest BCUT2D eigenvalue weighted by atomic mass is 9.85. The Morgan fingerprint density at radius 1 is 0.476 bits per heavy atom. The summed E-state index contributed by atoms with van der Waals surface area (Å²) < 4.78 is 3.75. The van der Waals surface area contributed by atoms with Crippen LogP contribution in [0.25, 0.3) is 32.6 Å². The van der Waals surface area contributed by atoms with Crippen molar-refractivity contribution in [3.63, 3.8) is 0 Å². The summed E-state index contributed by atoms with van der Waals surface area (Å²) in [7, 11) is 3.73. The van der Waals surface area contributed by atoms with Crippen LogP contribution in [0.1, 0.15) is 41.4 Å². The van der Waals surface area contributed by atoms with Gasteiger partial charge >= 0.3 is 0 Å². The van der Waals surface area contributed by atoms with Crippen LogP contribution in [0.2, 0.25) is 0 Å². The number of aryl methyl sites for hydroxylation is 2. The van der Waals surface area contributed by atoms with Gasteiger partial charge in [0.2, 0.25) is 11.0 Å². The zero-order valence-corrected chi connectivity index (χ0v) is 22.7. The molecule has 0 N–H and O–H groups in total. The molecule has 0 saturated carbocycles. The Kier molecular flexibility index (Phi) is 4.80. The van der Waals surface area contributed by atoms with Crippen molar-refractivity contribution in [1.82, 2.24) is 0 Å². The molecule has 2 aliphatic rings. The van der Waals surface area contributed by atoms with E-state index in [4.69, 9.17) is 0 Å². The summed E-state index contributed by atoms with van der Waals surface area (Å²) in [6.45, 7) is 0. The number of amides is 4. The molecule has 200 valence electrons. The van der Waals surface area contributed by atoms with Crippen LogP contribution >= 0.6 is 0 Å². The predicted molar refractivity (Wildman–Crippen MR) is 156 cm³/mol. The molecule has 0 aliphatic carbocycles. The van der Waals surface area contributed by atoms with Crippen molar-refractivity contribution in [1.29, 1.82) is 0 Å². The molecule has 0 fully saturated rings. The molecule has 6 aromatic rings. The van der Waals surface area contributed by atoms with Gasteiger partial charge in [-0.15, -0.1) is 0 Å². The van der Waals surface area contributed by atoms with E-state index in [0.717, 1.165) is 21.8 Å². The fourth-order valence-electron chi connectivity index (χ4n) is 6.38. The van der Waals surface area contributed by atoms with Gasteiger partial charge in [0.15, 0.2) is 12.4 Å². The number of benzene rings is 4. The Hall–Kier alpha value is -5.76. The summed E-state index contributed by atoms with van der Waals surface area (Å²) in [5.41, 5.74) is 3.87. The van der Waals surface area contributed by atoms with Crippen molar-refractivity contribution in [2.24, 2.45) is 14.1 Å². The number of anilines is 2. The molecule has 4 heterocycles. The van der Waals surface area contributed by atoms with Crippen LogP contribution in [-0.2, 0) is 14.1 Å². The highest BCUT2D eigenvalue weighted by molar-refractivity contribution is 6.42. The van der Waals surface area contributed by atoms with E-state index >= 15 is 0 Å². The monoisotopic (exact) mass is 550 g/mol. The topological polar surface area (TPSA) is 82.5 Å². The molecule has 0 radical (unpaired) electrons. The Morgan fingerprint density at radius 2 is 0.810 bits per heavy atom. The largest absolute Gasteiger partial charge is 0.268 e. The van der Waals surface area contributed by atoms with Gasteiger partial charge in [0.25, 0.3) is 23.6 Å². The van der Waals surface area contributed by atoms with Crippen molar-refractivity contribution in [2.75, 3.05) is 9.80 Å². The smallest absolute Gasteiger partial charge is 0.266 e. The van der Waals surface area contributed by atoms with Gasteiger partial charge in [0.1, 0.15) is 25.5 Å². The molecule has 42 heavy (non-hydrogen) atoms. The molecule has 0 atom stereocenters. The number of pyridine rings is 2. The number of hydrogen-bond donors (Lipinski definition) is 0. The summed E-state index contributed by atoms with van der Waals surface area (Å²) >= 11 is 0. The van der Waals surface area contributed by atoms with E-state index in [1.807, 2.05) is 83.9 Å². The standard InChI is InChI=1S/C34H22N4O4/c1-35-17-21(15-19-7-3-5-9-27(19)35)37-31(39)23-11-13-25-30-26(14-12-24(29(23)30)32(37)40)34(42)38(33(25)41)22-16-20-8-4-6-10-28(20)36(2)18-22/h3-18H,1-2H3/q+2. The lowest BCUT2D eigenvalue weighted by Crippen LogP contribution is -2.44. The number of rotatable bonds is 2. The molecular weight excluding hydrogens is 528 g/mol. The minimum atomic E-state index is -0.504. The minimum Gasteiger partial charge on any atom is -0.268 e. The second-order valence-corrected chi connectivity index (χ2v) is 10.7. The van der Waals surface area contributed by atoms with Crippen LogP contribution in [0, 0.1) is 0 Å². The van der Waals surface area contributed by atoms with Crippen molar-refractivity contribution < 1.29 is 28.3 Å². The van der Waals surface area contributed by atoms with E-state index in [2.05, 4.69) is 0 Å². The van der Waals surface area contributed by atoms with Crippen molar-refractivity contribution in [3.8, 4) is 0 Å². The number of para-hydroxylation sites is 2. The highest BCUT2D eigenvalue weighted by atomic mass is 16.2. The van der Waals surface area contributed by atoms with Crippen LogP contribution in [0.4, 0.5) is 11.4 Å². The van der Waals surface area contributed by atoms with Gasteiger partial charge in [0, 0.05) is 55.9 Å². The summed E-state index contributed by atoms with van der Waals surface area (Å²) in [4.78, 5) is 58.0. The highest BCUT2D eigenvalue weighted by Gasteiger charge is 2.41. The Bertz CT molecular complexity index is 2040. The SMILES string of the molecule is C[n+]1cc(N2C(=O)c3ccc4c5c(ccc(c35)C2=O)C(=O)N(c2cc3ccccc3[n+](C)c2)C4=O)cc2ccccc21. The van der Waals surface area contributed by atoms with Crippen LogP contribution in [0.15, 0.2) is 97.3 Å². The maximum Gasteiger partial charge on any atom is 0.266 e. The molecule has 0 unspecified atom stereocenters. The summed E-state index contributed by atoms with van der Waals surface area (Å²) in [5.74, 6) is -2.02. The fraction of sp³-hybridized carbons (Fsp3) is 0.0588. The van der Waals surface area contributed by atoms with Gasteiger partial charge in [0.05, 0.1) is 0 Å². The lowest BCUT2D eigenvalue weighted by molar-refractivity contribution is -0.644. The maximum absolute atomic E-state index is 13.9. The molecule has 8 heteroatoms. The van der Waals surface area contributed by atoms with E-state index in [-0.39, 0.29) is 22.3 Å². The average molecular weight is 551 g/mol. The van der Waals surface area contributed by atoms with Gasteiger partial charge in [-0.25, -0.2) is 9.80 Å². The van der Waals surface area contributed by atoms with E-state index in [0.29, 0.717) is 22.1 Å². The molecule has 8 nitrogen and oxygen atoms in total. The van der Waals surface area contributed by atoms with Gasteiger partial charge < -0.3 is 0 Å². The first-order chi connectivity index (χ1) is 20.3. The molecule has 4 aromatic carbocycles. The van der Waals surface area contributed by atoms with Crippen molar-refractivity contribution in [2.45, 2.75) is 0 Å². The van der Waals surface area contributed by atoms with Gasteiger partial charge in [-0.05, 0) is 48.5 Å². The van der Waals surface area contributed by atoms with E-state index in [9.17, 15) is 19.2 Å². The second kappa shape index (κ2) is 8.37. The first kappa shape index (κ1) is 24.1. The van der Waals surface area contributed by atoms with Gasteiger partial charge in [-0.3, -0.25) is 19.2 Å². The molecule has 8 rings (SSSR count). The molecule has 0 saturated heterocycles. The van der Waals surface area contributed by atoms with Crippen molar-refractivity contribution in [3.05, 3.63) is 120 Å². The van der Waals surface area contributed by atoms with Crippen LogP contribution < -0.4 is 18.9 Å². The first-order valence-electron chi connectivity index (χ1n) is 13.5. The van der Waals surface area contributed by atoms with Gasteiger partial charge in [-0.2, -0.15) is 9.13 Å². The fourth-order valence-corrected chi connectivity index (χ4v) is 6.38. The number of hydrogen-bond acceptors (Lipinski definition) is 4. The van der Waals surface area contributed by atoms with E-state index in [1.165, 1.54) is 9.80 Å². The molecule has 2 aliphatic heterocycles. The van der Waals surface area contributed by atoms with Gasteiger partial charge in [-0.1, -0.05) is 24.3 Å². The first-order valence-corrected chi connectivity index (χ1v) is 13.5. The quantitative estimate of drug-likeness (QED) is 0.237. The minimum absolute atomic E-state index is 0.271. The Labute approximate surface area is 239 Å². The molecule has 0 spiro atoms. The molecule has 2 aromatic heterocycles. The number of aromatic nitrogens is 2. The molecular formula is C34H22N4O4+2. The zero-order chi connectivity index (χ0) is 28.9. The second-order valence-electron chi connectivity index (χ2n) is 10.7. The molecule has 4 amide bonds.